The maximum atomic E-state index is 13.0. The van der Waals surface area contributed by atoms with Crippen molar-refractivity contribution in [2.24, 2.45) is 0 Å². The van der Waals surface area contributed by atoms with E-state index in [1.165, 1.54) is 0 Å². The Morgan fingerprint density at radius 2 is 1.67 bits per heavy atom. The first-order valence-corrected chi connectivity index (χ1v) is 11.8. The van der Waals surface area contributed by atoms with E-state index in [4.69, 9.17) is 20.6 Å². The largest absolute Gasteiger partial charge is 0.348 e. The van der Waals surface area contributed by atoms with Crippen molar-refractivity contribution < 1.29 is 13.6 Å². The summed E-state index contributed by atoms with van der Waals surface area (Å²) in [6, 6.07) is 0. The summed E-state index contributed by atoms with van der Waals surface area (Å²) in [4.78, 5) is 0. The third-order valence-electron chi connectivity index (χ3n) is 2.81. The molecule has 1 unspecified atom stereocenters. The van der Waals surface area contributed by atoms with Crippen molar-refractivity contribution in [3.63, 3.8) is 0 Å². The molecule has 0 N–H and O–H groups in total. The van der Waals surface area contributed by atoms with Gasteiger partial charge in [0.1, 0.15) is 4.24 Å². The predicted octanol–water partition coefficient (Wildman–Crippen LogP) is 5.03. The molecule has 0 aromatic carbocycles. The van der Waals surface area contributed by atoms with E-state index < -0.39 is 19.9 Å². The number of hydrogen-bond acceptors (Lipinski definition) is 3. The van der Waals surface area contributed by atoms with Gasteiger partial charge >= 0.3 is 7.60 Å². The second-order valence-electron chi connectivity index (χ2n) is 5.12. The third kappa shape index (κ3) is 3.94. The van der Waals surface area contributed by atoms with Crippen LogP contribution in [0.4, 0.5) is 0 Å². The maximum absolute atomic E-state index is 13.0. The van der Waals surface area contributed by atoms with Gasteiger partial charge in [-0.3, -0.25) is 4.57 Å². The fourth-order valence-electron chi connectivity index (χ4n) is 1.68. The SMILES string of the molecule is C/C=C/CC(Cl)([Si](C)(C)C)P(=O)(OCC)OCC. The molecule has 18 heavy (non-hydrogen) atoms. The van der Waals surface area contributed by atoms with Crippen molar-refractivity contribution in [2.75, 3.05) is 13.2 Å². The van der Waals surface area contributed by atoms with Crippen molar-refractivity contribution >= 4 is 27.3 Å². The van der Waals surface area contributed by atoms with Crippen molar-refractivity contribution in [1.29, 1.82) is 0 Å². The summed E-state index contributed by atoms with van der Waals surface area (Å²) in [7, 11) is -5.27. The first kappa shape index (κ1) is 18.4. The molecule has 0 fully saturated rings. The van der Waals surface area contributed by atoms with Gasteiger partial charge in [-0.15, -0.1) is 11.6 Å². The summed E-state index contributed by atoms with van der Waals surface area (Å²) in [6.45, 7) is 12.5. The van der Waals surface area contributed by atoms with Crippen LogP contribution < -0.4 is 0 Å². The number of rotatable bonds is 8. The molecule has 0 saturated carbocycles. The monoisotopic (exact) mass is 312 g/mol. The van der Waals surface area contributed by atoms with E-state index in [0.717, 1.165) is 0 Å². The van der Waals surface area contributed by atoms with E-state index in [-0.39, 0.29) is 0 Å². The lowest BCUT2D eigenvalue weighted by Crippen LogP contribution is -2.48. The van der Waals surface area contributed by atoms with Crippen LogP contribution in [0.5, 0.6) is 0 Å². The molecule has 0 amide bonds. The van der Waals surface area contributed by atoms with Gasteiger partial charge in [-0.1, -0.05) is 31.8 Å². The molecule has 1 atom stereocenters. The molecule has 0 spiro atoms. The number of halogens is 1. The summed E-state index contributed by atoms with van der Waals surface area (Å²) in [5, 5.41) is 0. The maximum Gasteiger partial charge on any atom is 0.348 e. The van der Waals surface area contributed by atoms with Crippen molar-refractivity contribution in [3.8, 4) is 0 Å². The van der Waals surface area contributed by atoms with Gasteiger partial charge in [0.05, 0.1) is 21.3 Å². The molecule has 0 heterocycles. The fraction of sp³-hybridized carbons (Fsp3) is 0.833. The molecule has 3 nitrogen and oxygen atoms in total. The van der Waals surface area contributed by atoms with E-state index in [2.05, 4.69) is 19.6 Å². The van der Waals surface area contributed by atoms with Crippen LogP contribution in [0.25, 0.3) is 0 Å². The summed E-state index contributed by atoms with van der Waals surface area (Å²) < 4.78 is 23.0. The molecule has 0 radical (unpaired) electrons. The lowest BCUT2D eigenvalue weighted by Gasteiger charge is -2.41. The average Bonchev–Trinajstić information content (AvgIpc) is 2.24. The highest BCUT2D eigenvalue weighted by Crippen LogP contribution is 2.67. The Kier molecular flexibility index (Phi) is 7.41. The van der Waals surface area contributed by atoms with E-state index >= 15 is 0 Å². The highest BCUT2D eigenvalue weighted by atomic mass is 35.5. The van der Waals surface area contributed by atoms with Gasteiger partial charge in [-0.25, -0.2) is 0 Å². The Morgan fingerprint density at radius 1 is 1.22 bits per heavy atom. The highest BCUT2D eigenvalue weighted by Gasteiger charge is 2.57. The van der Waals surface area contributed by atoms with E-state index in [1.807, 2.05) is 32.9 Å². The minimum absolute atomic E-state index is 0.339. The third-order valence-corrected chi connectivity index (χ3v) is 12.9. The number of alkyl halides is 1. The first-order chi connectivity index (χ1) is 8.18. The zero-order valence-electron chi connectivity index (χ0n) is 12.3. The van der Waals surface area contributed by atoms with Crippen molar-refractivity contribution in [3.05, 3.63) is 12.2 Å². The molecule has 0 bridgehead atoms. The summed E-state index contributed by atoms with van der Waals surface area (Å²) in [5.41, 5.74) is 0. The second kappa shape index (κ2) is 7.25. The first-order valence-electron chi connectivity index (χ1n) is 6.37. The van der Waals surface area contributed by atoms with Crippen molar-refractivity contribution in [1.82, 2.24) is 0 Å². The molecule has 0 aliphatic heterocycles. The van der Waals surface area contributed by atoms with Crippen LogP contribution in [0.3, 0.4) is 0 Å². The Morgan fingerprint density at radius 3 is 1.94 bits per heavy atom. The van der Waals surface area contributed by atoms with Crippen molar-refractivity contribution in [2.45, 2.75) is 51.1 Å². The molecule has 0 rings (SSSR count). The molecule has 0 aliphatic rings. The normalized spacial score (nSPS) is 17.1. The number of allylic oxidation sites excluding steroid dienone is 2. The van der Waals surface area contributed by atoms with Gasteiger partial charge in [-0.2, -0.15) is 0 Å². The number of hydrogen-bond donors (Lipinski definition) is 0. The topological polar surface area (TPSA) is 35.5 Å². The average molecular weight is 313 g/mol. The Bertz CT molecular complexity index is 318. The van der Waals surface area contributed by atoms with Gasteiger partial charge in [0.2, 0.25) is 0 Å². The Labute approximate surface area is 117 Å². The second-order valence-corrected chi connectivity index (χ2v) is 14.4. The van der Waals surface area contributed by atoms with Gasteiger partial charge in [0.25, 0.3) is 0 Å². The van der Waals surface area contributed by atoms with Gasteiger partial charge < -0.3 is 9.05 Å². The van der Waals surface area contributed by atoms with Gasteiger partial charge in [0.15, 0.2) is 0 Å². The minimum Gasteiger partial charge on any atom is -0.308 e. The van der Waals surface area contributed by atoms with E-state index in [0.29, 0.717) is 19.6 Å². The minimum atomic E-state index is -3.32. The predicted molar refractivity (Wildman–Crippen MR) is 82.2 cm³/mol. The van der Waals surface area contributed by atoms with Crippen LogP contribution in [0.2, 0.25) is 19.6 Å². The summed E-state index contributed by atoms with van der Waals surface area (Å²) in [6.07, 6.45) is 4.37. The smallest absolute Gasteiger partial charge is 0.308 e. The summed E-state index contributed by atoms with van der Waals surface area (Å²) >= 11 is 6.76. The zero-order valence-corrected chi connectivity index (χ0v) is 15.0. The molecule has 0 aromatic rings. The quantitative estimate of drug-likeness (QED) is 0.273. The van der Waals surface area contributed by atoms with Crippen LogP contribution in [0, 0.1) is 0 Å². The Hall–Kier alpha value is 0.397. The standard InChI is InChI=1S/C12H26ClO3PSi/c1-7-10-11-12(13,18(4,5)6)17(14,15-8-2)16-9-3/h7,10H,8-9,11H2,1-6H3/b10-7+. The van der Waals surface area contributed by atoms with Gasteiger partial charge in [-0.05, 0) is 27.2 Å². The highest BCUT2D eigenvalue weighted by molar-refractivity contribution is 7.61. The molecular formula is C12H26ClO3PSi. The molecular weight excluding hydrogens is 287 g/mol. The van der Waals surface area contributed by atoms with Crippen LogP contribution in [0.1, 0.15) is 27.2 Å². The lowest BCUT2D eigenvalue weighted by atomic mass is 10.4. The molecule has 0 aliphatic carbocycles. The summed E-state index contributed by atoms with van der Waals surface area (Å²) in [5.74, 6) is 0. The molecule has 0 saturated heterocycles. The zero-order chi connectivity index (χ0) is 14.4. The van der Waals surface area contributed by atoms with Crippen LogP contribution >= 0.6 is 19.2 Å². The molecule has 108 valence electrons. The Balaban J connectivity index is 5.57. The van der Waals surface area contributed by atoms with Crippen LogP contribution in [-0.4, -0.2) is 25.5 Å². The van der Waals surface area contributed by atoms with E-state index in [9.17, 15) is 4.57 Å². The molecule has 0 aromatic heterocycles. The van der Waals surface area contributed by atoms with E-state index in [1.54, 1.807) is 0 Å². The van der Waals surface area contributed by atoms with Gasteiger partial charge in [0, 0.05) is 0 Å². The van der Waals surface area contributed by atoms with Crippen LogP contribution in [-0.2, 0) is 13.6 Å². The fourth-order valence-corrected chi connectivity index (χ4v) is 7.96. The van der Waals surface area contributed by atoms with Crippen LogP contribution in [0.15, 0.2) is 12.2 Å². The lowest BCUT2D eigenvalue weighted by molar-refractivity contribution is 0.214. The molecule has 6 heteroatoms.